The van der Waals surface area contributed by atoms with Crippen LogP contribution in [-0.4, -0.2) is 32.7 Å². The maximum Gasteiger partial charge on any atom is 0.417 e. The summed E-state index contributed by atoms with van der Waals surface area (Å²) in [5, 5.41) is 9.27. The SMILES string of the molecule is CC(C)(C)OC(=O)N(Cc1c(F)ccc2c1CCO2)c1ncc(Br)c2nc(C#N)cn12. The summed E-state index contributed by atoms with van der Waals surface area (Å²) in [6.07, 6.45) is 2.78. The third kappa shape index (κ3) is 4.05. The van der Waals surface area contributed by atoms with Gasteiger partial charge in [0, 0.05) is 23.7 Å². The predicted octanol–water partition coefficient (Wildman–Crippen LogP) is 4.38. The number of rotatable bonds is 3. The van der Waals surface area contributed by atoms with Gasteiger partial charge in [-0.05, 0) is 48.8 Å². The molecule has 10 heteroatoms. The molecule has 0 aliphatic carbocycles. The molecule has 0 radical (unpaired) electrons. The highest BCUT2D eigenvalue weighted by molar-refractivity contribution is 9.10. The number of hydrogen-bond donors (Lipinski definition) is 0. The molecule has 3 heterocycles. The van der Waals surface area contributed by atoms with Crippen molar-refractivity contribution < 1.29 is 18.7 Å². The molecule has 160 valence electrons. The van der Waals surface area contributed by atoms with E-state index in [-0.39, 0.29) is 18.2 Å². The molecule has 3 aromatic rings. The number of aromatic nitrogens is 3. The first-order valence-corrected chi connectivity index (χ1v) is 10.3. The Labute approximate surface area is 186 Å². The van der Waals surface area contributed by atoms with Crippen molar-refractivity contribution in [2.24, 2.45) is 0 Å². The molecule has 0 spiro atoms. The standard InChI is InChI=1S/C21H19BrFN5O3/c1-21(2,3)31-20(29)28(11-14-13-6-7-30-17(13)5-4-16(14)23)19-25-9-15(22)18-26-12(8-24)10-27(18)19/h4-5,9-10H,6-7,11H2,1-3H3. The largest absolute Gasteiger partial charge is 0.493 e. The number of anilines is 1. The second kappa shape index (κ2) is 7.81. The Kier molecular flexibility index (Phi) is 5.31. The molecule has 0 saturated heterocycles. The molecule has 1 amide bonds. The fraction of sp³-hybridized carbons (Fsp3) is 0.333. The first-order valence-electron chi connectivity index (χ1n) is 9.55. The van der Waals surface area contributed by atoms with Crippen LogP contribution < -0.4 is 9.64 Å². The van der Waals surface area contributed by atoms with E-state index < -0.39 is 17.5 Å². The number of halogens is 2. The van der Waals surface area contributed by atoms with Gasteiger partial charge in [-0.3, -0.25) is 4.40 Å². The maximum absolute atomic E-state index is 14.8. The maximum atomic E-state index is 14.8. The molecule has 0 N–H and O–H groups in total. The van der Waals surface area contributed by atoms with Gasteiger partial charge in [-0.2, -0.15) is 5.26 Å². The minimum Gasteiger partial charge on any atom is -0.493 e. The number of benzene rings is 1. The van der Waals surface area contributed by atoms with Crippen LogP contribution in [0.4, 0.5) is 15.1 Å². The van der Waals surface area contributed by atoms with Gasteiger partial charge < -0.3 is 9.47 Å². The average molecular weight is 488 g/mol. The molecule has 1 aromatic carbocycles. The molecule has 1 aliphatic heterocycles. The Morgan fingerprint density at radius 2 is 2.23 bits per heavy atom. The number of nitrogens with zero attached hydrogens (tertiary/aromatic N) is 5. The van der Waals surface area contributed by atoms with Crippen LogP contribution in [-0.2, 0) is 17.7 Å². The van der Waals surface area contributed by atoms with Crippen LogP contribution in [0, 0.1) is 17.1 Å². The molecule has 0 atom stereocenters. The number of hydrogen-bond acceptors (Lipinski definition) is 6. The van der Waals surface area contributed by atoms with Crippen LogP contribution in [0.15, 0.2) is 29.0 Å². The summed E-state index contributed by atoms with van der Waals surface area (Å²) in [7, 11) is 0. The molecule has 1 aliphatic rings. The number of fused-ring (bicyclic) bond motifs is 2. The summed E-state index contributed by atoms with van der Waals surface area (Å²) >= 11 is 3.36. The van der Waals surface area contributed by atoms with Gasteiger partial charge >= 0.3 is 6.09 Å². The third-order valence-corrected chi connectivity index (χ3v) is 5.21. The minimum absolute atomic E-state index is 0.128. The normalized spacial score (nSPS) is 12.9. The number of imidazole rings is 1. The average Bonchev–Trinajstić information content (AvgIpc) is 3.34. The van der Waals surface area contributed by atoms with Gasteiger partial charge in [0.25, 0.3) is 0 Å². The number of nitriles is 1. The van der Waals surface area contributed by atoms with Crippen molar-refractivity contribution in [3.05, 3.63) is 51.6 Å². The van der Waals surface area contributed by atoms with E-state index in [2.05, 4.69) is 25.9 Å². The zero-order valence-corrected chi connectivity index (χ0v) is 18.7. The number of amides is 1. The van der Waals surface area contributed by atoms with Crippen LogP contribution in [0.25, 0.3) is 5.65 Å². The smallest absolute Gasteiger partial charge is 0.417 e. The van der Waals surface area contributed by atoms with E-state index in [4.69, 9.17) is 9.47 Å². The number of carbonyl (C=O) groups excluding carboxylic acids is 1. The van der Waals surface area contributed by atoms with Gasteiger partial charge in [0.05, 0.1) is 23.8 Å². The van der Waals surface area contributed by atoms with Gasteiger partial charge in [-0.1, -0.05) is 0 Å². The lowest BCUT2D eigenvalue weighted by atomic mass is 10.0. The molecule has 0 unspecified atom stereocenters. The minimum atomic E-state index is -0.781. The lowest BCUT2D eigenvalue weighted by Crippen LogP contribution is -2.38. The van der Waals surface area contributed by atoms with E-state index in [9.17, 15) is 14.4 Å². The Morgan fingerprint density at radius 1 is 1.45 bits per heavy atom. The second-order valence-corrected chi connectivity index (χ2v) is 8.86. The summed E-state index contributed by atoms with van der Waals surface area (Å²) in [6, 6.07) is 4.89. The van der Waals surface area contributed by atoms with Crippen molar-refractivity contribution in [3.8, 4) is 11.8 Å². The molecule has 0 bridgehead atoms. The van der Waals surface area contributed by atoms with Crippen LogP contribution in [0.1, 0.15) is 37.6 Å². The summed E-state index contributed by atoms with van der Waals surface area (Å²) < 4.78 is 28.0. The van der Waals surface area contributed by atoms with Gasteiger partial charge in [0.1, 0.15) is 23.2 Å². The van der Waals surface area contributed by atoms with E-state index in [1.807, 2.05) is 6.07 Å². The lowest BCUT2D eigenvalue weighted by molar-refractivity contribution is 0.0574. The van der Waals surface area contributed by atoms with E-state index in [1.54, 1.807) is 26.8 Å². The molecule has 4 rings (SSSR count). The topological polar surface area (TPSA) is 92.8 Å². The first-order chi connectivity index (χ1) is 14.7. The molecular formula is C21H19BrFN5O3. The predicted molar refractivity (Wildman–Crippen MR) is 113 cm³/mol. The van der Waals surface area contributed by atoms with Gasteiger partial charge in [-0.15, -0.1) is 0 Å². The fourth-order valence-electron chi connectivity index (χ4n) is 3.37. The quantitative estimate of drug-likeness (QED) is 0.544. The van der Waals surface area contributed by atoms with E-state index in [0.29, 0.717) is 40.0 Å². The van der Waals surface area contributed by atoms with Crippen LogP contribution >= 0.6 is 15.9 Å². The van der Waals surface area contributed by atoms with Crippen LogP contribution in [0.5, 0.6) is 5.75 Å². The highest BCUT2D eigenvalue weighted by Gasteiger charge is 2.30. The highest BCUT2D eigenvalue weighted by Crippen LogP contribution is 2.33. The van der Waals surface area contributed by atoms with Gasteiger partial charge in [0.2, 0.25) is 5.95 Å². The van der Waals surface area contributed by atoms with E-state index in [1.165, 1.54) is 27.8 Å². The van der Waals surface area contributed by atoms with Crippen LogP contribution in [0.3, 0.4) is 0 Å². The van der Waals surface area contributed by atoms with Crippen molar-refractivity contribution >= 4 is 33.6 Å². The molecule has 0 fully saturated rings. The molecular weight excluding hydrogens is 469 g/mol. The van der Waals surface area contributed by atoms with Crippen molar-refractivity contribution in [1.82, 2.24) is 14.4 Å². The molecule has 8 nitrogen and oxygen atoms in total. The number of carbonyl (C=O) groups is 1. The lowest BCUT2D eigenvalue weighted by Gasteiger charge is -2.27. The highest BCUT2D eigenvalue weighted by atomic mass is 79.9. The zero-order chi connectivity index (χ0) is 22.3. The summed E-state index contributed by atoms with van der Waals surface area (Å²) in [5.41, 5.74) is 0.817. The summed E-state index contributed by atoms with van der Waals surface area (Å²) in [4.78, 5) is 23.0. The van der Waals surface area contributed by atoms with Crippen LogP contribution in [0.2, 0.25) is 0 Å². The van der Waals surface area contributed by atoms with E-state index >= 15 is 0 Å². The van der Waals surface area contributed by atoms with Crippen molar-refractivity contribution in [2.45, 2.75) is 39.3 Å². The molecule has 31 heavy (non-hydrogen) atoms. The van der Waals surface area contributed by atoms with Gasteiger partial charge in [-0.25, -0.2) is 24.1 Å². The Bertz CT molecular complexity index is 1230. The Balaban J connectivity index is 1.86. The Morgan fingerprint density at radius 3 is 2.94 bits per heavy atom. The van der Waals surface area contributed by atoms with Crippen molar-refractivity contribution in [2.75, 3.05) is 11.5 Å². The number of ether oxygens (including phenoxy) is 2. The Hall–Kier alpha value is -3.19. The summed E-state index contributed by atoms with van der Waals surface area (Å²) in [6.45, 7) is 5.55. The second-order valence-electron chi connectivity index (χ2n) is 8.01. The fourth-order valence-corrected chi connectivity index (χ4v) is 3.75. The van der Waals surface area contributed by atoms with Crippen molar-refractivity contribution in [3.63, 3.8) is 0 Å². The zero-order valence-electron chi connectivity index (χ0n) is 17.1. The monoisotopic (exact) mass is 487 g/mol. The first kappa shape index (κ1) is 21.1. The summed E-state index contributed by atoms with van der Waals surface area (Å²) in [5.74, 6) is 0.302. The van der Waals surface area contributed by atoms with E-state index in [0.717, 1.165) is 0 Å². The van der Waals surface area contributed by atoms with Crippen molar-refractivity contribution in [1.29, 1.82) is 5.26 Å². The third-order valence-electron chi connectivity index (χ3n) is 4.66. The molecule has 2 aromatic heterocycles. The molecule has 0 saturated carbocycles. The van der Waals surface area contributed by atoms with Gasteiger partial charge in [0.15, 0.2) is 11.3 Å².